The van der Waals surface area contributed by atoms with Gasteiger partial charge >= 0.3 is 0 Å². The molecule has 0 saturated carbocycles. The average Bonchev–Trinajstić information content (AvgIpc) is 2.96. The molecule has 0 atom stereocenters. The standard InChI is InChI=1S/C17H27N3O2/c1-14-5-12-22-16(14)17(21)20-6-3-15(4-7-20)13-19-10-8-18(2)9-11-19/h5,12,15H,3-4,6-11,13H2,1-2H3. The summed E-state index contributed by atoms with van der Waals surface area (Å²) in [7, 11) is 2.19. The van der Waals surface area contributed by atoms with E-state index in [1.165, 1.54) is 32.7 Å². The van der Waals surface area contributed by atoms with Gasteiger partial charge in [-0.3, -0.25) is 4.79 Å². The SMILES string of the molecule is Cc1ccoc1C(=O)N1CCC(CN2CCN(C)CC2)CC1. The Hall–Kier alpha value is -1.33. The molecule has 0 radical (unpaired) electrons. The van der Waals surface area contributed by atoms with E-state index in [9.17, 15) is 4.79 Å². The highest BCUT2D eigenvalue weighted by Gasteiger charge is 2.27. The van der Waals surface area contributed by atoms with Gasteiger partial charge in [0.1, 0.15) is 0 Å². The number of nitrogens with zero attached hydrogens (tertiary/aromatic N) is 3. The number of rotatable bonds is 3. The zero-order valence-electron chi connectivity index (χ0n) is 13.8. The molecule has 0 aliphatic carbocycles. The normalized spacial score (nSPS) is 22.2. The molecular weight excluding hydrogens is 278 g/mol. The number of hydrogen-bond acceptors (Lipinski definition) is 4. The lowest BCUT2D eigenvalue weighted by atomic mass is 9.95. The van der Waals surface area contributed by atoms with E-state index in [-0.39, 0.29) is 5.91 Å². The Bertz CT molecular complexity index is 498. The van der Waals surface area contributed by atoms with Crippen molar-refractivity contribution in [2.24, 2.45) is 5.92 Å². The van der Waals surface area contributed by atoms with E-state index in [2.05, 4.69) is 16.8 Å². The summed E-state index contributed by atoms with van der Waals surface area (Å²) in [4.78, 5) is 19.4. The number of piperazine rings is 1. The molecule has 5 nitrogen and oxygen atoms in total. The number of carbonyl (C=O) groups is 1. The van der Waals surface area contributed by atoms with Crippen molar-refractivity contribution in [2.75, 3.05) is 52.9 Å². The van der Waals surface area contributed by atoms with E-state index in [0.29, 0.717) is 5.76 Å². The fourth-order valence-corrected chi connectivity index (χ4v) is 3.45. The van der Waals surface area contributed by atoms with Crippen LogP contribution in [-0.2, 0) is 0 Å². The summed E-state index contributed by atoms with van der Waals surface area (Å²) in [5.74, 6) is 1.29. The molecule has 1 amide bonds. The predicted molar refractivity (Wildman–Crippen MR) is 86.0 cm³/mol. The number of amides is 1. The molecule has 5 heteroatoms. The molecule has 22 heavy (non-hydrogen) atoms. The van der Waals surface area contributed by atoms with E-state index >= 15 is 0 Å². The smallest absolute Gasteiger partial charge is 0.289 e. The number of piperidine rings is 1. The summed E-state index contributed by atoms with van der Waals surface area (Å²) in [5, 5.41) is 0. The summed E-state index contributed by atoms with van der Waals surface area (Å²) in [6.45, 7) is 9.55. The van der Waals surface area contributed by atoms with Gasteiger partial charge in [0, 0.05) is 51.4 Å². The summed E-state index contributed by atoms with van der Waals surface area (Å²) in [6, 6.07) is 1.85. The second kappa shape index (κ2) is 6.84. The molecule has 122 valence electrons. The van der Waals surface area contributed by atoms with E-state index in [1.807, 2.05) is 17.9 Å². The molecule has 0 aromatic carbocycles. The van der Waals surface area contributed by atoms with E-state index in [1.54, 1.807) is 6.26 Å². The monoisotopic (exact) mass is 305 g/mol. The maximum atomic E-state index is 12.4. The lowest BCUT2D eigenvalue weighted by Gasteiger charge is -2.37. The number of furan rings is 1. The van der Waals surface area contributed by atoms with Gasteiger partial charge in [-0.25, -0.2) is 0 Å². The third-order valence-corrected chi connectivity index (χ3v) is 5.07. The number of carbonyl (C=O) groups excluding carboxylic acids is 1. The highest BCUT2D eigenvalue weighted by atomic mass is 16.3. The first-order valence-corrected chi connectivity index (χ1v) is 8.38. The Kier molecular flexibility index (Phi) is 4.84. The zero-order valence-corrected chi connectivity index (χ0v) is 13.8. The molecule has 2 fully saturated rings. The summed E-state index contributed by atoms with van der Waals surface area (Å²) < 4.78 is 5.33. The molecule has 0 unspecified atom stereocenters. The van der Waals surface area contributed by atoms with Gasteiger partial charge in [0.15, 0.2) is 5.76 Å². The third kappa shape index (κ3) is 3.52. The van der Waals surface area contributed by atoms with Gasteiger partial charge in [-0.1, -0.05) is 0 Å². The Morgan fingerprint density at radius 2 is 1.86 bits per heavy atom. The number of hydrogen-bond donors (Lipinski definition) is 0. The molecule has 0 bridgehead atoms. The van der Waals surface area contributed by atoms with Crippen molar-refractivity contribution in [2.45, 2.75) is 19.8 Å². The van der Waals surface area contributed by atoms with Crippen molar-refractivity contribution in [3.63, 3.8) is 0 Å². The van der Waals surface area contributed by atoms with Crippen molar-refractivity contribution in [1.82, 2.24) is 14.7 Å². The van der Waals surface area contributed by atoms with Crippen LogP contribution >= 0.6 is 0 Å². The number of likely N-dealkylation sites (N-methyl/N-ethyl adjacent to an activating group) is 1. The van der Waals surface area contributed by atoms with E-state index in [4.69, 9.17) is 4.42 Å². The van der Waals surface area contributed by atoms with Crippen LogP contribution in [0.15, 0.2) is 16.7 Å². The van der Waals surface area contributed by atoms with Gasteiger partial charge < -0.3 is 19.1 Å². The Balaban J connectivity index is 1.46. The highest BCUT2D eigenvalue weighted by Crippen LogP contribution is 2.22. The summed E-state index contributed by atoms with van der Waals surface area (Å²) in [6.07, 6.45) is 3.82. The quantitative estimate of drug-likeness (QED) is 0.852. The molecule has 0 N–H and O–H groups in total. The minimum absolute atomic E-state index is 0.0561. The van der Waals surface area contributed by atoms with Gasteiger partial charge in [-0.15, -0.1) is 0 Å². The van der Waals surface area contributed by atoms with Crippen LogP contribution in [0.5, 0.6) is 0 Å². The molecule has 2 aliphatic rings. The van der Waals surface area contributed by atoms with Crippen molar-refractivity contribution < 1.29 is 9.21 Å². The second-order valence-corrected chi connectivity index (χ2v) is 6.77. The first kappa shape index (κ1) is 15.6. The Labute approximate surface area is 132 Å². The van der Waals surface area contributed by atoms with Crippen LogP contribution in [0.25, 0.3) is 0 Å². The van der Waals surface area contributed by atoms with Crippen molar-refractivity contribution in [3.05, 3.63) is 23.7 Å². The minimum atomic E-state index is 0.0561. The van der Waals surface area contributed by atoms with E-state index in [0.717, 1.165) is 37.4 Å². The molecule has 0 spiro atoms. The van der Waals surface area contributed by atoms with Crippen LogP contribution in [0.2, 0.25) is 0 Å². The van der Waals surface area contributed by atoms with Gasteiger partial charge in [0.2, 0.25) is 0 Å². The van der Waals surface area contributed by atoms with Gasteiger partial charge in [-0.2, -0.15) is 0 Å². The summed E-state index contributed by atoms with van der Waals surface area (Å²) >= 11 is 0. The Morgan fingerprint density at radius 3 is 2.45 bits per heavy atom. The summed E-state index contributed by atoms with van der Waals surface area (Å²) in [5.41, 5.74) is 0.935. The topological polar surface area (TPSA) is 39.9 Å². The molecular formula is C17H27N3O2. The maximum absolute atomic E-state index is 12.4. The number of likely N-dealkylation sites (tertiary alicyclic amines) is 1. The number of aryl methyl sites for hydroxylation is 1. The van der Waals surface area contributed by atoms with E-state index < -0.39 is 0 Å². The lowest BCUT2D eigenvalue weighted by molar-refractivity contribution is 0.0613. The molecule has 2 aliphatic heterocycles. The van der Waals surface area contributed by atoms with Crippen LogP contribution in [0, 0.1) is 12.8 Å². The van der Waals surface area contributed by atoms with Crippen molar-refractivity contribution in [1.29, 1.82) is 0 Å². The molecule has 1 aromatic rings. The van der Waals surface area contributed by atoms with Crippen LogP contribution in [0.3, 0.4) is 0 Å². The fourth-order valence-electron chi connectivity index (χ4n) is 3.45. The lowest BCUT2D eigenvalue weighted by Crippen LogP contribution is -2.48. The van der Waals surface area contributed by atoms with Gasteiger partial charge in [-0.05, 0) is 38.8 Å². The van der Waals surface area contributed by atoms with Gasteiger partial charge in [0.05, 0.1) is 6.26 Å². The van der Waals surface area contributed by atoms with Crippen LogP contribution in [0.4, 0.5) is 0 Å². The minimum Gasteiger partial charge on any atom is -0.459 e. The third-order valence-electron chi connectivity index (χ3n) is 5.07. The first-order valence-electron chi connectivity index (χ1n) is 8.38. The second-order valence-electron chi connectivity index (χ2n) is 6.77. The molecule has 3 rings (SSSR count). The fraction of sp³-hybridized carbons (Fsp3) is 0.706. The van der Waals surface area contributed by atoms with Crippen molar-refractivity contribution >= 4 is 5.91 Å². The molecule has 1 aromatic heterocycles. The first-order chi connectivity index (χ1) is 10.6. The molecule has 2 saturated heterocycles. The largest absolute Gasteiger partial charge is 0.459 e. The van der Waals surface area contributed by atoms with Crippen LogP contribution < -0.4 is 0 Å². The predicted octanol–water partition coefficient (Wildman–Crippen LogP) is 1.69. The van der Waals surface area contributed by atoms with Crippen molar-refractivity contribution in [3.8, 4) is 0 Å². The Morgan fingerprint density at radius 1 is 1.18 bits per heavy atom. The van der Waals surface area contributed by atoms with Crippen LogP contribution in [-0.4, -0.2) is 73.5 Å². The zero-order chi connectivity index (χ0) is 15.5. The van der Waals surface area contributed by atoms with Gasteiger partial charge in [0.25, 0.3) is 5.91 Å². The van der Waals surface area contributed by atoms with Crippen LogP contribution in [0.1, 0.15) is 29.0 Å². The highest BCUT2D eigenvalue weighted by molar-refractivity contribution is 5.92. The maximum Gasteiger partial charge on any atom is 0.289 e. The molecule has 3 heterocycles. The average molecular weight is 305 g/mol.